The minimum absolute atomic E-state index is 0.386. The molecule has 0 aliphatic carbocycles. The van der Waals surface area contributed by atoms with Gasteiger partial charge in [-0.25, -0.2) is 4.98 Å². The highest BCUT2D eigenvalue weighted by atomic mass is 16.5. The van der Waals surface area contributed by atoms with Gasteiger partial charge in [0.15, 0.2) is 0 Å². The van der Waals surface area contributed by atoms with Gasteiger partial charge in [0.05, 0.1) is 7.11 Å². The maximum Gasteiger partial charge on any atom is 0.206 e. The molecule has 0 unspecified atom stereocenters. The molecule has 0 saturated carbocycles. The number of pyridine rings is 1. The predicted octanol–water partition coefficient (Wildman–Crippen LogP) is 0.999. The Balaban J connectivity index is 2.81. The highest BCUT2D eigenvalue weighted by Gasteiger charge is 2.14. The molecule has 0 aliphatic rings. The van der Waals surface area contributed by atoms with Gasteiger partial charge in [0.1, 0.15) is 16.9 Å². The van der Waals surface area contributed by atoms with E-state index >= 15 is 0 Å². The van der Waals surface area contributed by atoms with E-state index in [0.29, 0.717) is 23.7 Å². The maximum atomic E-state index is 5.57. The van der Waals surface area contributed by atoms with Crippen molar-refractivity contribution < 1.29 is 9.26 Å². The van der Waals surface area contributed by atoms with Crippen molar-refractivity contribution in [2.24, 2.45) is 5.73 Å². The second-order valence-corrected chi connectivity index (χ2v) is 2.96. The van der Waals surface area contributed by atoms with E-state index in [-0.39, 0.29) is 0 Å². The number of rotatable bonds is 2. The van der Waals surface area contributed by atoms with Gasteiger partial charge >= 0.3 is 0 Å². The molecule has 5 heteroatoms. The van der Waals surface area contributed by atoms with E-state index in [1.165, 1.54) is 0 Å². The first-order valence-electron chi connectivity index (χ1n) is 4.25. The van der Waals surface area contributed by atoms with Gasteiger partial charge in [-0.15, -0.1) is 0 Å². The molecule has 0 fully saturated rings. The lowest BCUT2D eigenvalue weighted by Gasteiger charge is -2.05. The van der Waals surface area contributed by atoms with E-state index in [1.807, 2.05) is 6.92 Å². The van der Waals surface area contributed by atoms with Crippen LogP contribution in [0.1, 0.15) is 11.3 Å². The van der Waals surface area contributed by atoms with Crippen LogP contribution in [0.3, 0.4) is 0 Å². The molecule has 0 amide bonds. The summed E-state index contributed by atoms with van der Waals surface area (Å²) < 4.78 is 10.3. The molecule has 2 aromatic heterocycles. The molecule has 5 nitrogen and oxygen atoms in total. The van der Waals surface area contributed by atoms with Crippen molar-refractivity contribution in [3.8, 4) is 5.75 Å². The SMILES string of the molecule is COc1c(CN)cnc2noc(C)c12. The highest BCUT2D eigenvalue weighted by molar-refractivity contribution is 5.84. The summed E-state index contributed by atoms with van der Waals surface area (Å²) >= 11 is 0. The molecule has 14 heavy (non-hydrogen) atoms. The van der Waals surface area contributed by atoms with Crippen molar-refractivity contribution in [2.75, 3.05) is 7.11 Å². The van der Waals surface area contributed by atoms with E-state index in [4.69, 9.17) is 15.0 Å². The van der Waals surface area contributed by atoms with Crippen LogP contribution >= 0.6 is 0 Å². The number of aryl methyl sites for hydroxylation is 1. The second kappa shape index (κ2) is 3.26. The van der Waals surface area contributed by atoms with E-state index < -0.39 is 0 Å². The fourth-order valence-corrected chi connectivity index (χ4v) is 1.45. The molecular weight excluding hydrogens is 182 g/mol. The van der Waals surface area contributed by atoms with Gasteiger partial charge < -0.3 is 15.0 Å². The van der Waals surface area contributed by atoms with Crippen LogP contribution in [0, 0.1) is 6.92 Å². The van der Waals surface area contributed by atoms with Gasteiger partial charge in [0, 0.05) is 18.3 Å². The minimum atomic E-state index is 0.386. The molecule has 0 radical (unpaired) electrons. The Hall–Kier alpha value is -1.62. The Bertz CT molecular complexity index is 464. The van der Waals surface area contributed by atoms with Crippen LogP contribution < -0.4 is 10.5 Å². The number of nitrogens with zero attached hydrogens (tertiary/aromatic N) is 2. The summed E-state index contributed by atoms with van der Waals surface area (Å²) in [6, 6.07) is 0. The number of methoxy groups -OCH3 is 1. The summed E-state index contributed by atoms with van der Waals surface area (Å²) in [5.41, 5.74) is 6.97. The average Bonchev–Trinajstić information content (AvgIpc) is 2.59. The zero-order chi connectivity index (χ0) is 10.1. The topological polar surface area (TPSA) is 74.2 Å². The normalized spacial score (nSPS) is 10.8. The molecule has 0 bridgehead atoms. The fraction of sp³-hybridized carbons (Fsp3) is 0.333. The van der Waals surface area contributed by atoms with Gasteiger partial charge in [-0.05, 0) is 6.92 Å². The van der Waals surface area contributed by atoms with Crippen LogP contribution in [0.15, 0.2) is 10.7 Å². The van der Waals surface area contributed by atoms with Crippen molar-refractivity contribution in [1.82, 2.24) is 10.1 Å². The summed E-state index contributed by atoms with van der Waals surface area (Å²) in [5, 5.41) is 4.60. The lowest BCUT2D eigenvalue weighted by molar-refractivity contribution is 0.400. The highest BCUT2D eigenvalue weighted by Crippen LogP contribution is 2.29. The molecule has 0 spiro atoms. The Labute approximate surface area is 80.8 Å². The first-order valence-corrected chi connectivity index (χ1v) is 4.25. The number of ether oxygens (including phenoxy) is 1. The molecule has 0 saturated heterocycles. The molecule has 0 atom stereocenters. The quantitative estimate of drug-likeness (QED) is 0.770. The molecule has 0 aromatic carbocycles. The monoisotopic (exact) mass is 193 g/mol. The molecule has 0 aliphatic heterocycles. The van der Waals surface area contributed by atoms with Crippen LogP contribution in [0.5, 0.6) is 5.75 Å². The van der Waals surface area contributed by atoms with Crippen LogP contribution in [-0.4, -0.2) is 17.3 Å². The Kier molecular flexibility index (Phi) is 2.09. The van der Waals surface area contributed by atoms with Gasteiger partial charge in [-0.3, -0.25) is 0 Å². The van der Waals surface area contributed by atoms with Crippen molar-refractivity contribution in [2.45, 2.75) is 13.5 Å². The first-order chi connectivity index (χ1) is 6.77. The standard InChI is InChI=1S/C9H11N3O2/c1-5-7-8(13-2)6(3-10)4-11-9(7)12-14-5/h4H,3,10H2,1-2H3. The summed E-state index contributed by atoms with van der Waals surface area (Å²) in [6.07, 6.45) is 1.66. The Morgan fingerprint density at radius 3 is 3.00 bits per heavy atom. The largest absolute Gasteiger partial charge is 0.495 e. The zero-order valence-electron chi connectivity index (χ0n) is 8.07. The first kappa shape index (κ1) is 8.96. The molecule has 2 N–H and O–H groups in total. The third kappa shape index (κ3) is 1.13. The number of aromatic nitrogens is 2. The number of fused-ring (bicyclic) bond motifs is 1. The van der Waals surface area contributed by atoms with Crippen LogP contribution in [0.2, 0.25) is 0 Å². The van der Waals surface area contributed by atoms with E-state index in [9.17, 15) is 0 Å². The van der Waals surface area contributed by atoms with E-state index in [2.05, 4.69) is 10.1 Å². The summed E-state index contributed by atoms with van der Waals surface area (Å²) in [7, 11) is 1.60. The number of nitrogens with two attached hydrogens (primary N) is 1. The molecular formula is C9H11N3O2. The van der Waals surface area contributed by atoms with Crippen molar-refractivity contribution in [1.29, 1.82) is 0 Å². The van der Waals surface area contributed by atoms with Crippen molar-refractivity contribution >= 4 is 11.0 Å². The van der Waals surface area contributed by atoms with E-state index in [1.54, 1.807) is 13.3 Å². The van der Waals surface area contributed by atoms with Crippen LogP contribution in [-0.2, 0) is 6.54 Å². The minimum Gasteiger partial charge on any atom is -0.495 e. The number of hydrogen-bond acceptors (Lipinski definition) is 5. The summed E-state index contributed by atoms with van der Waals surface area (Å²) in [5.74, 6) is 1.40. The predicted molar refractivity (Wildman–Crippen MR) is 51.0 cm³/mol. The summed E-state index contributed by atoms with van der Waals surface area (Å²) in [4.78, 5) is 4.12. The smallest absolute Gasteiger partial charge is 0.206 e. The van der Waals surface area contributed by atoms with Gasteiger partial charge in [0.2, 0.25) is 5.65 Å². The second-order valence-electron chi connectivity index (χ2n) is 2.96. The third-order valence-electron chi connectivity index (χ3n) is 2.13. The van der Waals surface area contributed by atoms with Crippen LogP contribution in [0.25, 0.3) is 11.0 Å². The van der Waals surface area contributed by atoms with E-state index in [0.717, 1.165) is 10.9 Å². The summed E-state index contributed by atoms with van der Waals surface area (Å²) in [6.45, 7) is 2.20. The maximum absolute atomic E-state index is 5.57. The lowest BCUT2D eigenvalue weighted by atomic mass is 10.2. The average molecular weight is 193 g/mol. The fourth-order valence-electron chi connectivity index (χ4n) is 1.45. The van der Waals surface area contributed by atoms with Crippen molar-refractivity contribution in [3.63, 3.8) is 0 Å². The lowest BCUT2D eigenvalue weighted by Crippen LogP contribution is -2.01. The molecule has 2 aromatic rings. The Morgan fingerprint density at radius 2 is 2.36 bits per heavy atom. The van der Waals surface area contributed by atoms with Gasteiger partial charge in [-0.1, -0.05) is 5.16 Å². The number of hydrogen-bond donors (Lipinski definition) is 1. The van der Waals surface area contributed by atoms with Crippen molar-refractivity contribution in [3.05, 3.63) is 17.5 Å². The Morgan fingerprint density at radius 1 is 1.57 bits per heavy atom. The molecule has 2 heterocycles. The third-order valence-corrected chi connectivity index (χ3v) is 2.13. The van der Waals surface area contributed by atoms with Gasteiger partial charge in [-0.2, -0.15) is 0 Å². The van der Waals surface area contributed by atoms with Crippen LogP contribution in [0.4, 0.5) is 0 Å². The molecule has 74 valence electrons. The zero-order valence-corrected chi connectivity index (χ0v) is 8.07. The van der Waals surface area contributed by atoms with Gasteiger partial charge in [0.25, 0.3) is 0 Å². The molecule has 2 rings (SSSR count).